The molecule has 176 valence electrons. The fourth-order valence-corrected chi connectivity index (χ4v) is 4.39. The molecule has 6 heteroatoms. The van der Waals surface area contributed by atoms with Gasteiger partial charge in [0.05, 0.1) is 0 Å². The van der Waals surface area contributed by atoms with Crippen molar-refractivity contribution >= 4 is 23.3 Å². The summed E-state index contributed by atoms with van der Waals surface area (Å²) < 4.78 is 5.63. The third-order valence-electron chi connectivity index (χ3n) is 6.32. The molecular weight excluding hydrogens is 448 g/mol. The normalized spacial score (nSPS) is 15.5. The third-order valence-corrected chi connectivity index (χ3v) is 6.57. The lowest BCUT2D eigenvalue weighted by Gasteiger charge is -2.36. The number of nitrogens with one attached hydrogen (secondary N) is 1. The van der Waals surface area contributed by atoms with E-state index in [1.54, 1.807) is 48.5 Å². The van der Waals surface area contributed by atoms with E-state index < -0.39 is 0 Å². The molecule has 1 unspecified atom stereocenters. The Labute approximate surface area is 205 Å². The Morgan fingerprint density at radius 3 is 2.15 bits per heavy atom. The van der Waals surface area contributed by atoms with Gasteiger partial charge in [-0.2, -0.15) is 0 Å². The van der Waals surface area contributed by atoms with Crippen LogP contribution in [-0.2, 0) is 4.79 Å². The number of amides is 1. The molecule has 1 saturated heterocycles. The minimum atomic E-state index is -0.129. The zero-order chi connectivity index (χ0) is 23.9. The van der Waals surface area contributed by atoms with E-state index in [0.29, 0.717) is 27.9 Å². The van der Waals surface area contributed by atoms with Crippen molar-refractivity contribution in [2.45, 2.75) is 31.8 Å². The van der Waals surface area contributed by atoms with Gasteiger partial charge in [-0.25, -0.2) is 0 Å². The second-order valence-electron chi connectivity index (χ2n) is 8.61. The monoisotopic (exact) mass is 476 g/mol. The van der Waals surface area contributed by atoms with Crippen molar-refractivity contribution in [2.24, 2.45) is 0 Å². The Balaban J connectivity index is 1.21. The summed E-state index contributed by atoms with van der Waals surface area (Å²) in [6.07, 6.45) is 1.84. The van der Waals surface area contributed by atoms with Gasteiger partial charge >= 0.3 is 0 Å². The summed E-state index contributed by atoms with van der Waals surface area (Å²) in [5.41, 5.74) is 2.44. The molecule has 1 aliphatic heterocycles. The number of benzene rings is 3. The van der Waals surface area contributed by atoms with Gasteiger partial charge in [0.1, 0.15) is 5.75 Å². The number of carbonyl (C=O) groups excluding carboxylic acids is 2. The van der Waals surface area contributed by atoms with E-state index in [1.807, 2.05) is 6.07 Å². The number of carbonyl (C=O) groups is 2. The van der Waals surface area contributed by atoms with Crippen molar-refractivity contribution in [3.8, 4) is 5.75 Å². The third kappa shape index (κ3) is 6.25. The Bertz CT molecular complexity index is 1090. The number of nitrogens with zero attached hydrogens (tertiary/aromatic N) is 1. The molecule has 0 radical (unpaired) electrons. The Kier molecular flexibility index (Phi) is 7.99. The molecule has 0 saturated carbocycles. The number of hydrogen-bond donors (Lipinski definition) is 1. The van der Waals surface area contributed by atoms with Crippen molar-refractivity contribution in [3.05, 3.63) is 101 Å². The summed E-state index contributed by atoms with van der Waals surface area (Å²) in [5.74, 6) is 0.332. The van der Waals surface area contributed by atoms with Crippen molar-refractivity contribution in [1.82, 2.24) is 10.2 Å². The molecule has 0 aliphatic carbocycles. The summed E-state index contributed by atoms with van der Waals surface area (Å²) in [6.45, 7) is 4.08. The molecule has 4 rings (SSSR count). The SMILES string of the molecule is CC(c1ccccc1)N1CCC(NC(=O)COc2ccc(C(=O)c3ccc(Cl)cc3)cc2)CC1. The van der Waals surface area contributed by atoms with E-state index in [0.717, 1.165) is 25.9 Å². The van der Waals surface area contributed by atoms with Crippen LogP contribution in [0.2, 0.25) is 5.02 Å². The first-order valence-corrected chi connectivity index (χ1v) is 12.0. The molecule has 1 atom stereocenters. The van der Waals surface area contributed by atoms with Gasteiger partial charge in [0, 0.05) is 41.3 Å². The smallest absolute Gasteiger partial charge is 0.258 e. The van der Waals surface area contributed by atoms with Crippen LogP contribution in [-0.4, -0.2) is 42.3 Å². The number of rotatable bonds is 8. The highest BCUT2D eigenvalue weighted by Gasteiger charge is 2.24. The zero-order valence-corrected chi connectivity index (χ0v) is 20.0. The van der Waals surface area contributed by atoms with Crippen LogP contribution in [0.25, 0.3) is 0 Å². The van der Waals surface area contributed by atoms with E-state index in [2.05, 4.69) is 41.4 Å². The second-order valence-corrected chi connectivity index (χ2v) is 9.05. The molecule has 0 spiro atoms. The van der Waals surface area contributed by atoms with Gasteiger partial charge in [-0.05, 0) is 73.9 Å². The van der Waals surface area contributed by atoms with E-state index in [1.165, 1.54) is 5.56 Å². The topological polar surface area (TPSA) is 58.6 Å². The van der Waals surface area contributed by atoms with Crippen LogP contribution in [0.4, 0.5) is 0 Å². The predicted molar refractivity (Wildman–Crippen MR) is 134 cm³/mol. The molecule has 5 nitrogen and oxygen atoms in total. The van der Waals surface area contributed by atoms with Gasteiger partial charge in [-0.3, -0.25) is 14.5 Å². The largest absolute Gasteiger partial charge is 0.484 e. The zero-order valence-electron chi connectivity index (χ0n) is 19.2. The maximum absolute atomic E-state index is 12.6. The summed E-state index contributed by atoms with van der Waals surface area (Å²) in [4.78, 5) is 27.4. The minimum Gasteiger partial charge on any atom is -0.484 e. The summed E-state index contributed by atoms with van der Waals surface area (Å²) >= 11 is 5.88. The first-order valence-electron chi connectivity index (χ1n) is 11.6. The van der Waals surface area contributed by atoms with Crippen LogP contribution in [0, 0.1) is 0 Å². The Morgan fingerprint density at radius 2 is 1.53 bits per heavy atom. The van der Waals surface area contributed by atoms with Crippen LogP contribution in [0.15, 0.2) is 78.9 Å². The van der Waals surface area contributed by atoms with Crippen molar-refractivity contribution in [1.29, 1.82) is 0 Å². The maximum Gasteiger partial charge on any atom is 0.258 e. The molecule has 1 aliphatic rings. The molecule has 1 fully saturated rings. The molecule has 34 heavy (non-hydrogen) atoms. The van der Waals surface area contributed by atoms with Gasteiger partial charge in [0.25, 0.3) is 5.91 Å². The molecular formula is C28H29ClN2O3. The molecule has 0 bridgehead atoms. The average Bonchev–Trinajstić information content (AvgIpc) is 2.88. The number of ether oxygens (including phenoxy) is 1. The highest BCUT2D eigenvalue weighted by Crippen LogP contribution is 2.24. The van der Waals surface area contributed by atoms with Crippen LogP contribution in [0.5, 0.6) is 5.75 Å². The lowest BCUT2D eigenvalue weighted by atomic mass is 10.00. The number of piperidine rings is 1. The lowest BCUT2D eigenvalue weighted by Crippen LogP contribution is -2.46. The van der Waals surface area contributed by atoms with Gasteiger partial charge < -0.3 is 10.1 Å². The van der Waals surface area contributed by atoms with Crippen molar-refractivity contribution in [3.63, 3.8) is 0 Å². The molecule has 1 N–H and O–H groups in total. The van der Waals surface area contributed by atoms with Gasteiger partial charge in [-0.1, -0.05) is 41.9 Å². The maximum atomic E-state index is 12.6. The van der Waals surface area contributed by atoms with Gasteiger partial charge in [0.15, 0.2) is 12.4 Å². The van der Waals surface area contributed by atoms with Gasteiger partial charge in [-0.15, -0.1) is 0 Å². The highest BCUT2D eigenvalue weighted by molar-refractivity contribution is 6.30. The molecule has 1 heterocycles. The van der Waals surface area contributed by atoms with E-state index >= 15 is 0 Å². The number of hydrogen-bond acceptors (Lipinski definition) is 4. The highest BCUT2D eigenvalue weighted by atomic mass is 35.5. The minimum absolute atomic E-state index is 0.0505. The lowest BCUT2D eigenvalue weighted by molar-refractivity contribution is -0.124. The summed E-state index contributed by atoms with van der Waals surface area (Å²) in [6, 6.07) is 24.6. The van der Waals surface area contributed by atoms with Crippen LogP contribution in [0.1, 0.15) is 47.3 Å². The quantitative estimate of drug-likeness (QED) is 0.449. The average molecular weight is 477 g/mol. The van der Waals surface area contributed by atoms with E-state index in [-0.39, 0.29) is 24.3 Å². The molecule has 3 aromatic carbocycles. The predicted octanol–water partition coefficient (Wildman–Crippen LogP) is 5.29. The van der Waals surface area contributed by atoms with Crippen LogP contribution < -0.4 is 10.1 Å². The van der Waals surface area contributed by atoms with Gasteiger partial charge in [0.2, 0.25) is 0 Å². The fourth-order valence-electron chi connectivity index (χ4n) is 4.26. The standard InChI is InChI=1S/C28H29ClN2O3/c1-20(21-5-3-2-4-6-21)31-17-15-25(16-18-31)30-27(32)19-34-26-13-9-23(10-14-26)28(33)22-7-11-24(29)12-8-22/h2-14,20,25H,15-19H2,1H3,(H,30,32). The first-order chi connectivity index (χ1) is 16.5. The Hall–Kier alpha value is -3.15. The number of halogens is 1. The van der Waals surface area contributed by atoms with Crippen LogP contribution >= 0.6 is 11.6 Å². The second kappa shape index (κ2) is 11.3. The summed E-state index contributed by atoms with van der Waals surface area (Å²) in [7, 11) is 0. The fraction of sp³-hybridized carbons (Fsp3) is 0.286. The Morgan fingerprint density at radius 1 is 0.941 bits per heavy atom. The van der Waals surface area contributed by atoms with Crippen LogP contribution in [0.3, 0.4) is 0 Å². The first kappa shape index (κ1) is 24.0. The molecule has 0 aromatic heterocycles. The van der Waals surface area contributed by atoms with Crippen molar-refractivity contribution in [2.75, 3.05) is 19.7 Å². The van der Waals surface area contributed by atoms with E-state index in [4.69, 9.17) is 16.3 Å². The number of ketones is 1. The van der Waals surface area contributed by atoms with E-state index in [9.17, 15) is 9.59 Å². The summed E-state index contributed by atoms with van der Waals surface area (Å²) in [5, 5.41) is 3.68. The van der Waals surface area contributed by atoms with Crippen molar-refractivity contribution < 1.29 is 14.3 Å². The number of likely N-dealkylation sites (tertiary alicyclic amines) is 1. The molecule has 3 aromatic rings. The molecule has 1 amide bonds.